The van der Waals surface area contributed by atoms with Crippen LogP contribution in [-0.2, 0) is 11.2 Å². The number of hydrogen-bond donors (Lipinski definition) is 0. The maximum absolute atomic E-state index is 11.4. The molecule has 2 rings (SSSR count). The second-order valence-electron chi connectivity index (χ2n) is 4.45. The summed E-state index contributed by atoms with van der Waals surface area (Å²) in [4.78, 5) is 11.4. The summed E-state index contributed by atoms with van der Waals surface area (Å²) in [6.07, 6.45) is 0.970. The van der Waals surface area contributed by atoms with Gasteiger partial charge in [-0.15, -0.1) is 0 Å². The molecule has 1 aromatic heterocycles. The van der Waals surface area contributed by atoms with Gasteiger partial charge in [-0.05, 0) is 50.1 Å². The number of ether oxygens (including phenoxy) is 1. The largest absolute Gasteiger partial charge is 0.465 e. The standard InChI is InChI=1S/C15H18N2O2/c1-5-14-10(2)16-17(11(14)3)13-8-6-12(7-9-13)15(18)19-4/h6-9H,5H2,1-4H3. The molecule has 4 nitrogen and oxygen atoms in total. The number of carbonyl (C=O) groups is 1. The Labute approximate surface area is 113 Å². The lowest BCUT2D eigenvalue weighted by Gasteiger charge is -2.06. The van der Waals surface area contributed by atoms with Crippen LogP contribution in [0.25, 0.3) is 5.69 Å². The van der Waals surface area contributed by atoms with Crippen LogP contribution >= 0.6 is 0 Å². The Balaban J connectivity index is 2.40. The van der Waals surface area contributed by atoms with Crippen molar-refractivity contribution < 1.29 is 9.53 Å². The molecule has 4 heteroatoms. The molecule has 0 aliphatic rings. The van der Waals surface area contributed by atoms with Gasteiger partial charge < -0.3 is 4.74 Å². The Morgan fingerprint density at radius 3 is 2.37 bits per heavy atom. The van der Waals surface area contributed by atoms with Crippen molar-refractivity contribution in [2.24, 2.45) is 0 Å². The highest BCUT2D eigenvalue weighted by molar-refractivity contribution is 5.89. The number of esters is 1. The first-order valence-electron chi connectivity index (χ1n) is 6.32. The predicted octanol–water partition coefficient (Wildman–Crippen LogP) is 2.84. The Kier molecular flexibility index (Phi) is 3.69. The summed E-state index contributed by atoms with van der Waals surface area (Å²) in [5.74, 6) is -0.325. The second kappa shape index (κ2) is 5.26. The van der Waals surface area contributed by atoms with Gasteiger partial charge in [-0.2, -0.15) is 5.10 Å². The van der Waals surface area contributed by atoms with Gasteiger partial charge in [0.2, 0.25) is 0 Å². The maximum atomic E-state index is 11.4. The number of hydrogen-bond acceptors (Lipinski definition) is 3. The molecule has 0 aliphatic carbocycles. The number of rotatable bonds is 3. The maximum Gasteiger partial charge on any atom is 0.337 e. The molecule has 0 unspecified atom stereocenters. The van der Waals surface area contributed by atoms with E-state index in [0.29, 0.717) is 5.56 Å². The minimum Gasteiger partial charge on any atom is -0.465 e. The van der Waals surface area contributed by atoms with Crippen LogP contribution in [0.5, 0.6) is 0 Å². The van der Waals surface area contributed by atoms with Crippen molar-refractivity contribution in [1.82, 2.24) is 9.78 Å². The molecule has 0 spiro atoms. The fourth-order valence-corrected chi connectivity index (χ4v) is 2.29. The third-order valence-electron chi connectivity index (χ3n) is 3.33. The molecule has 0 saturated carbocycles. The van der Waals surface area contributed by atoms with E-state index in [1.807, 2.05) is 23.7 Å². The zero-order chi connectivity index (χ0) is 14.0. The summed E-state index contributed by atoms with van der Waals surface area (Å²) in [5, 5.41) is 4.55. The van der Waals surface area contributed by atoms with E-state index in [2.05, 4.69) is 23.7 Å². The summed E-state index contributed by atoms with van der Waals surface area (Å²) in [5.41, 5.74) is 4.97. The van der Waals surface area contributed by atoms with Gasteiger partial charge in [-0.25, -0.2) is 9.48 Å². The lowest BCUT2D eigenvalue weighted by atomic mass is 10.1. The molecule has 0 N–H and O–H groups in total. The fourth-order valence-electron chi connectivity index (χ4n) is 2.29. The molecule has 1 heterocycles. The van der Waals surface area contributed by atoms with Crippen LogP contribution in [0, 0.1) is 13.8 Å². The number of aromatic nitrogens is 2. The molecule has 0 bridgehead atoms. The highest BCUT2D eigenvalue weighted by Gasteiger charge is 2.11. The van der Waals surface area contributed by atoms with Crippen molar-refractivity contribution in [3.63, 3.8) is 0 Å². The van der Waals surface area contributed by atoms with Gasteiger partial charge in [-0.1, -0.05) is 6.92 Å². The zero-order valence-corrected chi connectivity index (χ0v) is 11.7. The summed E-state index contributed by atoms with van der Waals surface area (Å²) >= 11 is 0. The number of carbonyl (C=O) groups excluding carboxylic acids is 1. The third kappa shape index (κ3) is 2.38. The number of nitrogens with zero attached hydrogens (tertiary/aromatic N) is 2. The number of benzene rings is 1. The van der Waals surface area contributed by atoms with E-state index in [-0.39, 0.29) is 5.97 Å². The SMILES string of the molecule is CCc1c(C)nn(-c2ccc(C(=O)OC)cc2)c1C. The van der Waals surface area contributed by atoms with Gasteiger partial charge in [0.25, 0.3) is 0 Å². The number of methoxy groups -OCH3 is 1. The zero-order valence-electron chi connectivity index (χ0n) is 11.7. The molecule has 0 aliphatic heterocycles. The highest BCUT2D eigenvalue weighted by Crippen LogP contribution is 2.18. The first-order valence-corrected chi connectivity index (χ1v) is 6.32. The molecule has 100 valence electrons. The molecule has 0 atom stereocenters. The van der Waals surface area contributed by atoms with E-state index in [9.17, 15) is 4.79 Å². The van der Waals surface area contributed by atoms with E-state index < -0.39 is 0 Å². The molecule has 2 aromatic rings. The summed E-state index contributed by atoms with van der Waals surface area (Å²) in [7, 11) is 1.38. The van der Waals surface area contributed by atoms with Gasteiger partial charge in [0, 0.05) is 5.69 Å². The van der Waals surface area contributed by atoms with Crippen molar-refractivity contribution in [3.05, 3.63) is 46.8 Å². The van der Waals surface area contributed by atoms with Crippen LogP contribution in [0.2, 0.25) is 0 Å². The van der Waals surface area contributed by atoms with Crippen LogP contribution in [0.15, 0.2) is 24.3 Å². The molecular formula is C15H18N2O2. The summed E-state index contributed by atoms with van der Waals surface area (Å²) in [6, 6.07) is 7.27. The second-order valence-corrected chi connectivity index (χ2v) is 4.45. The minimum atomic E-state index is -0.325. The van der Waals surface area contributed by atoms with Crippen molar-refractivity contribution in [1.29, 1.82) is 0 Å². The van der Waals surface area contributed by atoms with E-state index in [1.54, 1.807) is 12.1 Å². The average Bonchev–Trinajstić information content (AvgIpc) is 2.72. The van der Waals surface area contributed by atoms with Gasteiger partial charge in [-0.3, -0.25) is 0 Å². The van der Waals surface area contributed by atoms with E-state index in [0.717, 1.165) is 23.5 Å². The predicted molar refractivity (Wildman–Crippen MR) is 73.8 cm³/mol. The Morgan fingerprint density at radius 1 is 1.26 bits per heavy atom. The van der Waals surface area contributed by atoms with Gasteiger partial charge in [0.1, 0.15) is 0 Å². The molecule has 0 amide bonds. The molecule has 19 heavy (non-hydrogen) atoms. The topological polar surface area (TPSA) is 44.1 Å². The van der Waals surface area contributed by atoms with Crippen LogP contribution in [-0.4, -0.2) is 22.9 Å². The number of aryl methyl sites for hydroxylation is 1. The van der Waals surface area contributed by atoms with Crippen molar-refractivity contribution >= 4 is 5.97 Å². The quantitative estimate of drug-likeness (QED) is 0.795. The average molecular weight is 258 g/mol. The Morgan fingerprint density at radius 2 is 1.89 bits per heavy atom. The van der Waals surface area contributed by atoms with E-state index >= 15 is 0 Å². The lowest BCUT2D eigenvalue weighted by molar-refractivity contribution is 0.0601. The van der Waals surface area contributed by atoms with E-state index in [4.69, 9.17) is 0 Å². The lowest BCUT2D eigenvalue weighted by Crippen LogP contribution is -2.03. The highest BCUT2D eigenvalue weighted by atomic mass is 16.5. The van der Waals surface area contributed by atoms with Crippen molar-refractivity contribution in [2.75, 3.05) is 7.11 Å². The van der Waals surface area contributed by atoms with E-state index in [1.165, 1.54) is 12.7 Å². The minimum absolute atomic E-state index is 0.325. The van der Waals surface area contributed by atoms with Crippen LogP contribution in [0.1, 0.15) is 34.2 Å². The Bertz CT molecular complexity index is 597. The molecule has 1 aromatic carbocycles. The Hall–Kier alpha value is -2.10. The smallest absolute Gasteiger partial charge is 0.337 e. The van der Waals surface area contributed by atoms with Crippen LogP contribution in [0.4, 0.5) is 0 Å². The summed E-state index contributed by atoms with van der Waals surface area (Å²) in [6.45, 7) is 6.21. The molecular weight excluding hydrogens is 240 g/mol. The van der Waals surface area contributed by atoms with Gasteiger partial charge in [0.05, 0.1) is 24.1 Å². The van der Waals surface area contributed by atoms with Crippen molar-refractivity contribution in [3.8, 4) is 5.69 Å². The molecule has 0 saturated heterocycles. The van der Waals surface area contributed by atoms with Gasteiger partial charge >= 0.3 is 5.97 Å². The molecule has 0 radical (unpaired) electrons. The third-order valence-corrected chi connectivity index (χ3v) is 3.33. The normalized spacial score (nSPS) is 10.5. The first-order chi connectivity index (χ1) is 9.08. The van der Waals surface area contributed by atoms with Gasteiger partial charge in [0.15, 0.2) is 0 Å². The first kappa shape index (κ1) is 13.3. The molecule has 0 fully saturated rings. The monoisotopic (exact) mass is 258 g/mol. The van der Waals surface area contributed by atoms with Crippen LogP contribution < -0.4 is 0 Å². The fraction of sp³-hybridized carbons (Fsp3) is 0.333. The van der Waals surface area contributed by atoms with Crippen molar-refractivity contribution in [2.45, 2.75) is 27.2 Å². The van der Waals surface area contributed by atoms with Crippen LogP contribution in [0.3, 0.4) is 0 Å². The summed E-state index contributed by atoms with van der Waals surface area (Å²) < 4.78 is 6.60.